The third-order valence-corrected chi connectivity index (χ3v) is 2.54. The molecule has 0 N–H and O–H groups in total. The largest absolute Gasteiger partial charge is 0.378 e. The highest BCUT2D eigenvalue weighted by molar-refractivity contribution is 4.74. The molecule has 1 rings (SSSR count). The maximum absolute atomic E-state index is 5.14. The summed E-state index contributed by atoms with van der Waals surface area (Å²) >= 11 is 0. The van der Waals surface area contributed by atoms with Crippen molar-refractivity contribution < 1.29 is 4.74 Å². The van der Waals surface area contributed by atoms with Crippen LogP contribution in [0, 0.1) is 5.92 Å². The summed E-state index contributed by atoms with van der Waals surface area (Å²) in [6.45, 7) is 7.68. The van der Waals surface area contributed by atoms with Gasteiger partial charge in [-0.1, -0.05) is 13.8 Å². The average Bonchev–Trinajstić information content (AvgIpc) is 1.81. The molecule has 0 atom stereocenters. The Hall–Kier alpha value is -0.0800. The SMILES string of the molecule is CC(C)CCCN(C)C1COC1. The number of hydrogen-bond donors (Lipinski definition) is 0. The van der Waals surface area contributed by atoms with Gasteiger partial charge in [-0.25, -0.2) is 0 Å². The smallest absolute Gasteiger partial charge is 0.0645 e. The zero-order valence-corrected chi connectivity index (χ0v) is 8.55. The van der Waals surface area contributed by atoms with Crippen LogP contribution in [0.15, 0.2) is 0 Å². The molecule has 0 spiro atoms. The first-order valence-electron chi connectivity index (χ1n) is 4.98. The van der Waals surface area contributed by atoms with Crippen LogP contribution in [0.2, 0.25) is 0 Å². The van der Waals surface area contributed by atoms with E-state index in [0.29, 0.717) is 6.04 Å². The molecule has 0 saturated carbocycles. The van der Waals surface area contributed by atoms with Gasteiger partial charge in [0.2, 0.25) is 0 Å². The highest BCUT2D eigenvalue weighted by atomic mass is 16.5. The Bertz CT molecular complexity index is 121. The molecule has 0 bridgehead atoms. The molecular formula is C10H21NO. The van der Waals surface area contributed by atoms with E-state index in [0.717, 1.165) is 19.1 Å². The first-order valence-corrected chi connectivity index (χ1v) is 4.98. The molecule has 0 aliphatic carbocycles. The number of ether oxygens (including phenoxy) is 1. The number of nitrogens with zero attached hydrogens (tertiary/aromatic N) is 1. The van der Waals surface area contributed by atoms with Crippen LogP contribution in [0.1, 0.15) is 26.7 Å². The van der Waals surface area contributed by atoms with Crippen LogP contribution < -0.4 is 0 Å². The molecule has 1 aliphatic rings. The predicted molar refractivity (Wildman–Crippen MR) is 51.3 cm³/mol. The zero-order valence-electron chi connectivity index (χ0n) is 8.55. The number of hydrogen-bond acceptors (Lipinski definition) is 2. The summed E-state index contributed by atoms with van der Waals surface area (Å²) in [6.07, 6.45) is 2.67. The van der Waals surface area contributed by atoms with Crippen LogP contribution in [-0.2, 0) is 4.74 Å². The average molecular weight is 171 g/mol. The zero-order chi connectivity index (χ0) is 8.97. The first-order chi connectivity index (χ1) is 5.70. The lowest BCUT2D eigenvalue weighted by Gasteiger charge is -2.34. The second-order valence-corrected chi connectivity index (χ2v) is 4.21. The van der Waals surface area contributed by atoms with Gasteiger partial charge in [-0.15, -0.1) is 0 Å². The number of rotatable bonds is 5. The van der Waals surface area contributed by atoms with E-state index in [1.54, 1.807) is 0 Å². The molecule has 0 aromatic carbocycles. The molecule has 1 heterocycles. The second kappa shape index (κ2) is 4.83. The Morgan fingerprint density at radius 1 is 1.42 bits per heavy atom. The van der Waals surface area contributed by atoms with E-state index in [1.165, 1.54) is 19.4 Å². The Morgan fingerprint density at radius 2 is 2.08 bits per heavy atom. The lowest BCUT2D eigenvalue weighted by Crippen LogP contribution is -2.47. The van der Waals surface area contributed by atoms with Gasteiger partial charge in [-0.2, -0.15) is 0 Å². The van der Waals surface area contributed by atoms with E-state index in [9.17, 15) is 0 Å². The molecule has 2 heteroatoms. The first kappa shape index (κ1) is 10.0. The van der Waals surface area contributed by atoms with Crippen LogP contribution in [0.25, 0.3) is 0 Å². The fourth-order valence-corrected chi connectivity index (χ4v) is 1.41. The second-order valence-electron chi connectivity index (χ2n) is 4.21. The third kappa shape index (κ3) is 3.11. The van der Waals surface area contributed by atoms with Gasteiger partial charge in [0.15, 0.2) is 0 Å². The van der Waals surface area contributed by atoms with Crippen LogP contribution in [0.3, 0.4) is 0 Å². The van der Waals surface area contributed by atoms with Gasteiger partial charge in [0.25, 0.3) is 0 Å². The highest BCUT2D eigenvalue weighted by Gasteiger charge is 2.22. The van der Waals surface area contributed by atoms with Crippen molar-refractivity contribution in [3.63, 3.8) is 0 Å². The standard InChI is InChI=1S/C10H21NO/c1-9(2)5-4-6-11(3)10-7-12-8-10/h9-10H,4-8H2,1-3H3. The van der Waals surface area contributed by atoms with Crippen LogP contribution >= 0.6 is 0 Å². The Kier molecular flexibility index (Phi) is 4.02. The topological polar surface area (TPSA) is 12.5 Å². The van der Waals surface area contributed by atoms with Crippen molar-refractivity contribution in [3.8, 4) is 0 Å². The molecule has 0 aromatic heterocycles. The molecule has 1 aliphatic heterocycles. The van der Waals surface area contributed by atoms with Gasteiger partial charge in [0.05, 0.1) is 19.3 Å². The minimum absolute atomic E-state index is 0.706. The molecule has 0 unspecified atom stereocenters. The van der Waals surface area contributed by atoms with Crippen molar-refractivity contribution in [1.29, 1.82) is 0 Å². The molecule has 0 amide bonds. The fourth-order valence-electron chi connectivity index (χ4n) is 1.41. The lowest BCUT2D eigenvalue weighted by molar-refractivity contribution is -0.0563. The van der Waals surface area contributed by atoms with Gasteiger partial charge in [-0.3, -0.25) is 4.90 Å². The maximum atomic E-state index is 5.14. The quantitative estimate of drug-likeness (QED) is 0.625. The highest BCUT2D eigenvalue weighted by Crippen LogP contribution is 2.10. The van der Waals surface area contributed by atoms with E-state index in [1.807, 2.05) is 0 Å². The van der Waals surface area contributed by atoms with E-state index in [4.69, 9.17) is 4.74 Å². The maximum Gasteiger partial charge on any atom is 0.0645 e. The van der Waals surface area contributed by atoms with Gasteiger partial charge in [0.1, 0.15) is 0 Å². The molecule has 72 valence electrons. The number of likely N-dealkylation sites (N-methyl/N-ethyl adjacent to an activating group) is 1. The minimum Gasteiger partial charge on any atom is -0.378 e. The van der Waals surface area contributed by atoms with Crippen LogP contribution in [0.5, 0.6) is 0 Å². The van der Waals surface area contributed by atoms with E-state index >= 15 is 0 Å². The summed E-state index contributed by atoms with van der Waals surface area (Å²) in [6, 6.07) is 0.706. The van der Waals surface area contributed by atoms with Crippen molar-refractivity contribution >= 4 is 0 Å². The van der Waals surface area contributed by atoms with E-state index in [-0.39, 0.29) is 0 Å². The summed E-state index contributed by atoms with van der Waals surface area (Å²) < 4.78 is 5.14. The van der Waals surface area contributed by atoms with E-state index in [2.05, 4.69) is 25.8 Å². The molecule has 0 radical (unpaired) electrons. The molecule has 2 nitrogen and oxygen atoms in total. The summed E-state index contributed by atoms with van der Waals surface area (Å²) in [4.78, 5) is 2.42. The summed E-state index contributed by atoms with van der Waals surface area (Å²) in [5.41, 5.74) is 0. The van der Waals surface area contributed by atoms with Crippen molar-refractivity contribution in [2.75, 3.05) is 26.8 Å². The summed E-state index contributed by atoms with van der Waals surface area (Å²) in [5, 5.41) is 0. The van der Waals surface area contributed by atoms with Crippen molar-refractivity contribution in [1.82, 2.24) is 4.90 Å². The monoisotopic (exact) mass is 171 g/mol. The molecule has 0 aromatic rings. The van der Waals surface area contributed by atoms with Gasteiger partial charge in [-0.05, 0) is 32.4 Å². The summed E-state index contributed by atoms with van der Waals surface area (Å²) in [7, 11) is 2.20. The third-order valence-electron chi connectivity index (χ3n) is 2.54. The Labute approximate surface area is 75.9 Å². The van der Waals surface area contributed by atoms with Crippen molar-refractivity contribution in [2.24, 2.45) is 5.92 Å². The van der Waals surface area contributed by atoms with Crippen molar-refractivity contribution in [2.45, 2.75) is 32.7 Å². The van der Waals surface area contributed by atoms with Crippen molar-refractivity contribution in [3.05, 3.63) is 0 Å². The minimum atomic E-state index is 0.706. The van der Waals surface area contributed by atoms with Crippen LogP contribution in [-0.4, -0.2) is 37.7 Å². The van der Waals surface area contributed by atoms with Gasteiger partial charge in [0, 0.05) is 0 Å². The molecular weight excluding hydrogens is 150 g/mol. The van der Waals surface area contributed by atoms with Crippen LogP contribution in [0.4, 0.5) is 0 Å². The fraction of sp³-hybridized carbons (Fsp3) is 1.00. The normalized spacial score (nSPS) is 18.8. The van der Waals surface area contributed by atoms with E-state index < -0.39 is 0 Å². The lowest BCUT2D eigenvalue weighted by atomic mass is 10.1. The molecule has 1 fully saturated rings. The Balaban J connectivity index is 1.98. The predicted octanol–water partition coefficient (Wildman–Crippen LogP) is 1.75. The van der Waals surface area contributed by atoms with Gasteiger partial charge >= 0.3 is 0 Å². The summed E-state index contributed by atoms with van der Waals surface area (Å²) in [5.74, 6) is 0.844. The van der Waals surface area contributed by atoms with Gasteiger partial charge < -0.3 is 4.74 Å². The molecule has 12 heavy (non-hydrogen) atoms. The molecule has 1 saturated heterocycles. The Morgan fingerprint density at radius 3 is 2.50 bits per heavy atom.